The van der Waals surface area contributed by atoms with Crippen LogP contribution in [0.4, 0.5) is 5.69 Å². The number of carbonyl (C=O) groups excluding carboxylic acids is 2. The highest BCUT2D eigenvalue weighted by Gasteiger charge is 2.27. The van der Waals surface area contributed by atoms with E-state index >= 15 is 0 Å². The number of nitrogens with zero attached hydrogens (tertiary/aromatic N) is 1. The van der Waals surface area contributed by atoms with Crippen LogP contribution in [0.1, 0.15) is 25.7 Å². The van der Waals surface area contributed by atoms with Gasteiger partial charge in [0.2, 0.25) is 11.8 Å². The molecule has 6 heteroatoms. The van der Waals surface area contributed by atoms with E-state index in [-0.39, 0.29) is 37.3 Å². The second-order valence-electron chi connectivity index (χ2n) is 5.31. The molecule has 1 heterocycles. The fourth-order valence-corrected chi connectivity index (χ4v) is 3.23. The van der Waals surface area contributed by atoms with Crippen molar-refractivity contribution < 1.29 is 14.7 Å². The van der Waals surface area contributed by atoms with E-state index < -0.39 is 0 Å². The van der Waals surface area contributed by atoms with Crippen LogP contribution in [0.15, 0.2) is 29.2 Å². The van der Waals surface area contributed by atoms with Gasteiger partial charge >= 0.3 is 0 Å². The molecular formula is C16H22N2O3S. The van der Waals surface area contributed by atoms with Gasteiger partial charge in [-0.05, 0) is 31.2 Å². The lowest BCUT2D eigenvalue weighted by atomic mass is 10.2. The Morgan fingerprint density at radius 3 is 2.86 bits per heavy atom. The Balaban J connectivity index is 1.84. The summed E-state index contributed by atoms with van der Waals surface area (Å²) in [5.41, 5.74) is 0.779. The van der Waals surface area contributed by atoms with Crippen molar-refractivity contribution in [3.63, 3.8) is 0 Å². The number of anilines is 1. The van der Waals surface area contributed by atoms with Gasteiger partial charge in [-0.15, -0.1) is 11.8 Å². The molecule has 5 nitrogen and oxygen atoms in total. The number of hydrogen-bond donors (Lipinski definition) is 2. The molecule has 22 heavy (non-hydrogen) atoms. The Kier molecular flexibility index (Phi) is 6.27. The van der Waals surface area contributed by atoms with Gasteiger partial charge in [0.15, 0.2) is 0 Å². The lowest BCUT2D eigenvalue weighted by molar-refractivity contribution is -0.134. The summed E-state index contributed by atoms with van der Waals surface area (Å²) < 4.78 is 0. The van der Waals surface area contributed by atoms with Crippen LogP contribution in [0.25, 0.3) is 0 Å². The molecule has 1 aromatic carbocycles. The largest absolute Gasteiger partial charge is 0.394 e. The molecule has 1 saturated heterocycles. The monoisotopic (exact) mass is 322 g/mol. The normalized spacial score (nSPS) is 17.5. The molecule has 0 saturated carbocycles. The molecule has 2 amide bonds. The average molecular weight is 322 g/mol. The maximum atomic E-state index is 12.1. The second kappa shape index (κ2) is 8.19. The number of aliphatic hydroxyl groups is 1. The number of carbonyl (C=O) groups is 2. The molecule has 0 unspecified atom stereocenters. The van der Waals surface area contributed by atoms with Gasteiger partial charge in [-0.25, -0.2) is 0 Å². The van der Waals surface area contributed by atoms with Crippen LogP contribution >= 0.6 is 11.8 Å². The predicted molar refractivity (Wildman–Crippen MR) is 87.9 cm³/mol. The predicted octanol–water partition coefficient (Wildman–Crippen LogP) is 2.11. The van der Waals surface area contributed by atoms with Gasteiger partial charge in [-0.1, -0.05) is 12.1 Å². The second-order valence-corrected chi connectivity index (χ2v) is 6.16. The third-order valence-electron chi connectivity index (χ3n) is 3.86. The number of aliphatic hydroxyl groups excluding tert-OH is 1. The fraction of sp³-hybridized carbons (Fsp3) is 0.500. The fourth-order valence-electron chi connectivity index (χ4n) is 2.68. The van der Waals surface area contributed by atoms with Crippen LogP contribution < -0.4 is 5.32 Å². The Hall–Kier alpha value is -1.53. The maximum absolute atomic E-state index is 12.1. The van der Waals surface area contributed by atoms with Gasteiger partial charge in [-0.3, -0.25) is 9.59 Å². The molecule has 1 aliphatic heterocycles. The Morgan fingerprint density at radius 2 is 2.14 bits per heavy atom. The Labute approximate surface area is 135 Å². The SMILES string of the molecule is CSc1ccccc1NC(=O)CCC(=O)N1CCC[C@H]1CO. The number of thioether (sulfide) groups is 1. The zero-order chi connectivity index (χ0) is 15.9. The molecule has 1 aromatic rings. The van der Waals surface area contributed by atoms with E-state index in [1.165, 1.54) is 0 Å². The molecule has 2 rings (SSSR count). The van der Waals surface area contributed by atoms with Crippen molar-refractivity contribution in [2.45, 2.75) is 36.6 Å². The average Bonchev–Trinajstić information content (AvgIpc) is 3.01. The summed E-state index contributed by atoms with van der Waals surface area (Å²) in [5, 5.41) is 12.1. The van der Waals surface area contributed by atoms with Crippen LogP contribution in [0, 0.1) is 0 Å². The lowest BCUT2D eigenvalue weighted by Crippen LogP contribution is -2.37. The van der Waals surface area contributed by atoms with E-state index in [1.807, 2.05) is 30.5 Å². The molecular weight excluding hydrogens is 300 g/mol. The maximum Gasteiger partial charge on any atom is 0.224 e. The van der Waals surface area contributed by atoms with Crippen LogP contribution in [0.5, 0.6) is 0 Å². The molecule has 0 aromatic heterocycles. The number of benzene rings is 1. The number of nitrogens with one attached hydrogen (secondary N) is 1. The van der Waals surface area contributed by atoms with Crippen molar-refractivity contribution in [3.8, 4) is 0 Å². The number of para-hydroxylation sites is 1. The van der Waals surface area contributed by atoms with Gasteiger partial charge in [0.1, 0.15) is 0 Å². The summed E-state index contributed by atoms with van der Waals surface area (Å²) >= 11 is 1.57. The molecule has 1 atom stereocenters. The van der Waals surface area contributed by atoms with Crippen molar-refractivity contribution in [1.29, 1.82) is 0 Å². The van der Waals surface area contributed by atoms with Crippen molar-refractivity contribution in [3.05, 3.63) is 24.3 Å². The summed E-state index contributed by atoms with van der Waals surface area (Å²) in [5.74, 6) is -0.209. The highest BCUT2D eigenvalue weighted by molar-refractivity contribution is 7.98. The number of rotatable bonds is 6. The van der Waals surface area contributed by atoms with E-state index in [9.17, 15) is 14.7 Å². The van der Waals surface area contributed by atoms with Crippen LogP contribution in [0.3, 0.4) is 0 Å². The molecule has 0 bridgehead atoms. The highest BCUT2D eigenvalue weighted by Crippen LogP contribution is 2.25. The zero-order valence-corrected chi connectivity index (χ0v) is 13.6. The van der Waals surface area contributed by atoms with Crippen LogP contribution in [-0.2, 0) is 9.59 Å². The Morgan fingerprint density at radius 1 is 1.36 bits per heavy atom. The quantitative estimate of drug-likeness (QED) is 0.787. The summed E-state index contributed by atoms with van der Waals surface area (Å²) in [6.07, 6.45) is 4.07. The summed E-state index contributed by atoms with van der Waals surface area (Å²) in [4.78, 5) is 26.8. The first-order valence-electron chi connectivity index (χ1n) is 7.49. The number of likely N-dealkylation sites (tertiary alicyclic amines) is 1. The van der Waals surface area contributed by atoms with Crippen molar-refractivity contribution in [2.75, 3.05) is 24.7 Å². The minimum atomic E-state index is -0.158. The van der Waals surface area contributed by atoms with E-state index in [0.29, 0.717) is 6.54 Å². The van der Waals surface area contributed by atoms with Gasteiger partial charge in [-0.2, -0.15) is 0 Å². The topological polar surface area (TPSA) is 69.6 Å². The first-order chi connectivity index (χ1) is 10.7. The number of amides is 2. The molecule has 0 spiro atoms. The standard InChI is InChI=1S/C16H22N2O3S/c1-22-14-7-3-2-6-13(14)17-15(20)8-9-16(21)18-10-4-5-12(18)11-19/h2-3,6-7,12,19H,4-5,8-11H2,1H3,(H,17,20)/t12-/m0/s1. The molecule has 1 aliphatic rings. The summed E-state index contributed by atoms with van der Waals surface area (Å²) in [7, 11) is 0. The zero-order valence-electron chi connectivity index (χ0n) is 12.7. The first-order valence-corrected chi connectivity index (χ1v) is 8.71. The van der Waals surface area contributed by atoms with Crippen LogP contribution in [-0.4, -0.2) is 47.3 Å². The molecule has 120 valence electrons. The van der Waals surface area contributed by atoms with E-state index in [2.05, 4.69) is 5.32 Å². The highest BCUT2D eigenvalue weighted by atomic mass is 32.2. The minimum absolute atomic E-state index is 0.000957. The van der Waals surface area contributed by atoms with Gasteiger partial charge < -0.3 is 15.3 Å². The van der Waals surface area contributed by atoms with E-state index in [1.54, 1.807) is 16.7 Å². The van der Waals surface area contributed by atoms with Gasteiger partial charge in [0.25, 0.3) is 0 Å². The molecule has 1 fully saturated rings. The van der Waals surface area contributed by atoms with Crippen LogP contribution in [0.2, 0.25) is 0 Å². The summed E-state index contributed by atoms with van der Waals surface area (Å²) in [6, 6.07) is 7.52. The molecule has 0 radical (unpaired) electrons. The van der Waals surface area contributed by atoms with Gasteiger partial charge in [0.05, 0.1) is 18.3 Å². The third-order valence-corrected chi connectivity index (χ3v) is 4.65. The van der Waals surface area contributed by atoms with E-state index in [4.69, 9.17) is 0 Å². The molecule has 0 aliphatic carbocycles. The van der Waals surface area contributed by atoms with Gasteiger partial charge in [0, 0.05) is 24.3 Å². The molecule has 2 N–H and O–H groups in total. The third kappa shape index (κ3) is 4.24. The smallest absolute Gasteiger partial charge is 0.224 e. The number of hydrogen-bond acceptors (Lipinski definition) is 4. The van der Waals surface area contributed by atoms with Crippen molar-refractivity contribution in [2.24, 2.45) is 0 Å². The van der Waals surface area contributed by atoms with Crippen molar-refractivity contribution >= 4 is 29.3 Å². The Bertz CT molecular complexity index is 536. The summed E-state index contributed by atoms with van der Waals surface area (Å²) in [6.45, 7) is 0.681. The van der Waals surface area contributed by atoms with E-state index in [0.717, 1.165) is 23.4 Å². The minimum Gasteiger partial charge on any atom is -0.394 e. The lowest BCUT2D eigenvalue weighted by Gasteiger charge is -2.22. The van der Waals surface area contributed by atoms with Crippen molar-refractivity contribution in [1.82, 2.24) is 4.90 Å². The first kappa shape index (κ1) is 16.8.